The molecule has 9 rings (SSSR count). The zero-order chi connectivity index (χ0) is 36.7. The number of hydrogen-bond donors (Lipinski definition) is 0. The van der Waals surface area contributed by atoms with Crippen molar-refractivity contribution in [1.82, 2.24) is 0 Å². The molecule has 0 spiro atoms. The van der Waals surface area contributed by atoms with Crippen LogP contribution in [0.2, 0.25) is 0 Å². The Hall–Kier alpha value is -6.60. The average molecular weight is 728 g/mol. The van der Waals surface area contributed by atoms with E-state index in [4.69, 9.17) is 0 Å². The predicted octanol–water partition coefficient (Wildman–Crippen LogP) is 6.50. The van der Waals surface area contributed by atoms with Crippen LogP contribution in [0.5, 0.6) is 0 Å². The summed E-state index contributed by atoms with van der Waals surface area (Å²) in [7, 11) is 0. The maximum atomic E-state index is 15.4. The Morgan fingerprint density at radius 3 is 0.635 bits per heavy atom. The third-order valence-electron chi connectivity index (χ3n) is 8.25. The van der Waals surface area contributed by atoms with E-state index in [-0.39, 0.29) is 11.1 Å². The third kappa shape index (κ3) is 3.96. The van der Waals surface area contributed by atoms with Gasteiger partial charge in [0.15, 0.2) is 116 Å². The van der Waals surface area contributed by atoms with Crippen LogP contribution in [0, 0.1) is 69.8 Å². The van der Waals surface area contributed by atoms with Crippen molar-refractivity contribution < 1.29 is 52.7 Å². The first kappa shape index (κ1) is 31.4. The SMILES string of the molecule is Fc1c(F)c(F)c2c(c1F)C1=NC3=NC(=NC4=NC(=NC5=NC(=NC2=N1)c1c(F)c(F)c(F)c(F)c15)c1c(F)c(F)c(F)c(F)c14)c1ccccc13. The first-order valence-electron chi connectivity index (χ1n) is 14.2. The summed E-state index contributed by atoms with van der Waals surface area (Å²) < 4.78 is 180. The normalized spacial score (nSPS) is 16.2. The first-order chi connectivity index (χ1) is 24.8. The number of halogens is 12. The minimum atomic E-state index is -2.43. The molecular formula is C32H4F12N8. The molecule has 0 fully saturated rings. The van der Waals surface area contributed by atoms with Crippen molar-refractivity contribution >= 4 is 46.7 Å². The Kier molecular flexibility index (Phi) is 6.32. The number of fused-ring (bicyclic) bond motifs is 16. The largest absolute Gasteiger partial charge is 0.208 e. The van der Waals surface area contributed by atoms with Gasteiger partial charge in [-0.3, -0.25) is 0 Å². The van der Waals surface area contributed by atoms with E-state index in [1.54, 1.807) is 0 Å². The molecule has 5 aliphatic heterocycles. The molecule has 5 heterocycles. The Morgan fingerprint density at radius 2 is 0.404 bits per heavy atom. The Morgan fingerprint density at radius 1 is 0.231 bits per heavy atom. The van der Waals surface area contributed by atoms with Crippen LogP contribution in [-0.4, -0.2) is 46.7 Å². The Bertz CT molecular complexity index is 2760. The summed E-state index contributed by atoms with van der Waals surface area (Å²) in [6, 6.07) is 5.62. The highest BCUT2D eigenvalue weighted by Crippen LogP contribution is 2.37. The maximum Gasteiger partial charge on any atom is 0.198 e. The second kappa shape index (κ2) is 10.5. The minimum absolute atomic E-state index is 0.0521. The minimum Gasteiger partial charge on any atom is -0.208 e. The van der Waals surface area contributed by atoms with Gasteiger partial charge in [-0.15, -0.1) is 0 Å². The lowest BCUT2D eigenvalue weighted by Crippen LogP contribution is -2.13. The summed E-state index contributed by atoms with van der Waals surface area (Å²) >= 11 is 0. The molecule has 8 nitrogen and oxygen atoms in total. The molecule has 52 heavy (non-hydrogen) atoms. The maximum absolute atomic E-state index is 15.4. The molecule has 0 aliphatic carbocycles. The summed E-state index contributed by atoms with van der Waals surface area (Å²) in [5.41, 5.74) is -7.32. The number of benzene rings is 4. The van der Waals surface area contributed by atoms with Gasteiger partial charge in [-0.1, -0.05) is 24.3 Å². The van der Waals surface area contributed by atoms with Gasteiger partial charge < -0.3 is 0 Å². The van der Waals surface area contributed by atoms with Gasteiger partial charge in [-0.2, -0.15) is 0 Å². The Balaban J connectivity index is 1.44. The van der Waals surface area contributed by atoms with Crippen molar-refractivity contribution in [1.29, 1.82) is 0 Å². The van der Waals surface area contributed by atoms with Gasteiger partial charge in [0.1, 0.15) is 0 Å². The fraction of sp³-hybridized carbons (Fsp3) is 0. The summed E-state index contributed by atoms with van der Waals surface area (Å²) in [6.07, 6.45) is 0. The molecule has 0 saturated carbocycles. The van der Waals surface area contributed by atoms with Crippen molar-refractivity contribution in [3.63, 3.8) is 0 Å². The van der Waals surface area contributed by atoms with Gasteiger partial charge in [0, 0.05) is 11.1 Å². The van der Waals surface area contributed by atoms with Crippen LogP contribution in [0.15, 0.2) is 64.2 Å². The predicted molar refractivity (Wildman–Crippen MR) is 158 cm³/mol. The van der Waals surface area contributed by atoms with Gasteiger partial charge in [-0.25, -0.2) is 92.6 Å². The highest BCUT2D eigenvalue weighted by atomic mass is 19.2. The molecule has 5 aliphatic rings. The standard InChI is InChI=1S/C32H4F12N8/c33-13-7-9(15(35)21(41)19(13)39)29-48-27(7)46-25-5-3-1-2-4-6(5)26(45-25)47-28-8-10(16(36)22(42)20(40)14(8)34)30(49-28)51-32-12-11(31(50-29)52-32)17(37)23(43)24(44)18(12)38/h1-4H. The van der Waals surface area contributed by atoms with Crippen molar-refractivity contribution in [2.45, 2.75) is 0 Å². The van der Waals surface area contributed by atoms with Crippen molar-refractivity contribution in [3.05, 3.63) is 139 Å². The zero-order valence-electron chi connectivity index (χ0n) is 24.4. The molecule has 0 atom stereocenters. The monoisotopic (exact) mass is 728 g/mol. The van der Waals surface area contributed by atoms with E-state index >= 15 is 26.3 Å². The average Bonchev–Trinajstić information content (AvgIpc) is 3.87. The molecule has 4 aromatic carbocycles. The van der Waals surface area contributed by atoms with Crippen molar-refractivity contribution in [2.24, 2.45) is 39.9 Å². The van der Waals surface area contributed by atoms with Crippen LogP contribution in [0.3, 0.4) is 0 Å². The van der Waals surface area contributed by atoms with Crippen LogP contribution in [0.1, 0.15) is 44.5 Å². The van der Waals surface area contributed by atoms with Crippen LogP contribution < -0.4 is 0 Å². The van der Waals surface area contributed by atoms with Crippen molar-refractivity contribution in [2.75, 3.05) is 0 Å². The smallest absolute Gasteiger partial charge is 0.198 e. The van der Waals surface area contributed by atoms with E-state index in [1.165, 1.54) is 24.3 Å². The van der Waals surface area contributed by atoms with E-state index in [0.29, 0.717) is 0 Å². The molecule has 0 saturated heterocycles. The molecule has 256 valence electrons. The molecule has 20 heteroatoms. The van der Waals surface area contributed by atoms with E-state index in [9.17, 15) is 26.3 Å². The lowest BCUT2D eigenvalue weighted by Gasteiger charge is -2.08. The molecule has 0 aromatic heterocycles. The van der Waals surface area contributed by atoms with Gasteiger partial charge in [-0.05, 0) is 0 Å². The van der Waals surface area contributed by atoms with Crippen LogP contribution in [0.25, 0.3) is 0 Å². The van der Waals surface area contributed by atoms with Crippen LogP contribution in [0.4, 0.5) is 52.7 Å². The fourth-order valence-electron chi connectivity index (χ4n) is 5.94. The van der Waals surface area contributed by atoms with E-state index in [1.807, 2.05) is 0 Å². The quantitative estimate of drug-likeness (QED) is 0.112. The highest BCUT2D eigenvalue weighted by molar-refractivity contribution is 6.35. The number of hydrogen-bond acceptors (Lipinski definition) is 8. The van der Waals surface area contributed by atoms with E-state index in [2.05, 4.69) is 39.9 Å². The summed E-state index contributed by atoms with van der Waals surface area (Å²) in [5.74, 6) is -34.3. The molecule has 0 N–H and O–H groups in total. The van der Waals surface area contributed by atoms with E-state index < -0.39 is 150 Å². The third-order valence-corrected chi connectivity index (χ3v) is 8.25. The first-order valence-corrected chi connectivity index (χ1v) is 14.2. The zero-order valence-corrected chi connectivity index (χ0v) is 24.4. The summed E-state index contributed by atoms with van der Waals surface area (Å²) in [6.45, 7) is 0. The number of nitrogens with zero attached hydrogens (tertiary/aromatic N) is 8. The molecule has 0 amide bonds. The molecule has 0 unspecified atom stereocenters. The van der Waals surface area contributed by atoms with Gasteiger partial charge in [0.25, 0.3) is 0 Å². The van der Waals surface area contributed by atoms with Crippen molar-refractivity contribution in [3.8, 4) is 0 Å². The van der Waals surface area contributed by atoms with Crippen LogP contribution in [-0.2, 0) is 0 Å². The summed E-state index contributed by atoms with van der Waals surface area (Å²) in [4.78, 5) is 31.0. The van der Waals surface area contributed by atoms with Gasteiger partial charge >= 0.3 is 0 Å². The topological polar surface area (TPSA) is 98.9 Å². The van der Waals surface area contributed by atoms with Crippen LogP contribution >= 0.6 is 0 Å². The molecular weight excluding hydrogens is 724 g/mol. The van der Waals surface area contributed by atoms with Gasteiger partial charge in [0.2, 0.25) is 0 Å². The number of aliphatic imine (C=N–C) groups is 8. The van der Waals surface area contributed by atoms with E-state index in [0.717, 1.165) is 0 Å². The molecule has 0 radical (unpaired) electrons. The molecule has 8 bridgehead atoms. The highest BCUT2D eigenvalue weighted by Gasteiger charge is 2.41. The lowest BCUT2D eigenvalue weighted by molar-refractivity contribution is 0.407. The lowest BCUT2D eigenvalue weighted by atomic mass is 10.0. The van der Waals surface area contributed by atoms with Gasteiger partial charge in [0.05, 0.1) is 33.4 Å². The molecule has 4 aromatic rings. The number of rotatable bonds is 0. The fourth-order valence-corrected chi connectivity index (χ4v) is 5.94. The second-order valence-electron chi connectivity index (χ2n) is 11.0. The number of amidine groups is 8. The second-order valence-corrected chi connectivity index (χ2v) is 11.0. The summed E-state index contributed by atoms with van der Waals surface area (Å²) in [5, 5.41) is 0. The Labute approximate surface area is 278 Å².